The van der Waals surface area contributed by atoms with Crippen LogP contribution < -0.4 is 10.9 Å². The highest BCUT2D eigenvalue weighted by molar-refractivity contribution is 7.13. The number of aliphatic carboxylic acids is 1. The van der Waals surface area contributed by atoms with E-state index in [1.165, 1.54) is 18.3 Å². The molecule has 0 aliphatic rings. The van der Waals surface area contributed by atoms with Crippen LogP contribution in [-0.4, -0.2) is 23.0 Å². The molecule has 1 aromatic rings. The van der Waals surface area contributed by atoms with Gasteiger partial charge in [-0.15, -0.1) is 11.3 Å². The van der Waals surface area contributed by atoms with E-state index in [2.05, 4.69) is 10.9 Å². The molecule has 1 aromatic heterocycles. The number of carbonyl (C=O) groups is 2. The standard InChI is InChI=1S/C9H12N2O3S/c1-5-3-4-7(15-5)8(12)11-10-6(2)9(13)14/h3-4,6,10H,1-2H3,(H,11,12)(H,13,14)/t6-/m0/s1. The molecule has 1 rings (SSSR count). The van der Waals surface area contributed by atoms with Gasteiger partial charge < -0.3 is 5.11 Å². The first-order chi connectivity index (χ1) is 7.00. The van der Waals surface area contributed by atoms with Crippen molar-refractivity contribution < 1.29 is 14.7 Å². The molecule has 1 heterocycles. The number of amides is 1. The molecule has 5 nitrogen and oxygen atoms in total. The zero-order valence-corrected chi connectivity index (χ0v) is 9.22. The van der Waals surface area contributed by atoms with Gasteiger partial charge in [0.1, 0.15) is 6.04 Å². The minimum atomic E-state index is -1.02. The molecule has 0 unspecified atom stereocenters. The number of rotatable bonds is 4. The van der Waals surface area contributed by atoms with E-state index in [-0.39, 0.29) is 5.91 Å². The second-order valence-corrected chi connectivity index (χ2v) is 4.36. The molecule has 6 heteroatoms. The van der Waals surface area contributed by atoms with E-state index in [0.717, 1.165) is 4.88 Å². The fourth-order valence-electron chi connectivity index (χ4n) is 0.854. The summed E-state index contributed by atoms with van der Waals surface area (Å²) in [6.07, 6.45) is 0. The molecule has 0 aromatic carbocycles. The van der Waals surface area contributed by atoms with Crippen LogP contribution in [0.5, 0.6) is 0 Å². The largest absolute Gasteiger partial charge is 0.480 e. The second-order valence-electron chi connectivity index (χ2n) is 3.07. The Labute approximate surface area is 91.1 Å². The van der Waals surface area contributed by atoms with Crippen LogP contribution >= 0.6 is 11.3 Å². The molecule has 1 atom stereocenters. The van der Waals surface area contributed by atoms with Crippen LogP contribution in [0, 0.1) is 6.92 Å². The van der Waals surface area contributed by atoms with Crippen LogP contribution in [0.2, 0.25) is 0 Å². The molecule has 0 aliphatic carbocycles. The number of thiophene rings is 1. The van der Waals surface area contributed by atoms with Crippen LogP contribution in [0.15, 0.2) is 12.1 Å². The maximum Gasteiger partial charge on any atom is 0.322 e. The van der Waals surface area contributed by atoms with E-state index in [9.17, 15) is 9.59 Å². The predicted molar refractivity (Wildman–Crippen MR) is 56.8 cm³/mol. The Balaban J connectivity index is 2.47. The minimum absolute atomic E-state index is 0.318. The third kappa shape index (κ3) is 3.34. The molecule has 0 spiro atoms. The zero-order valence-electron chi connectivity index (χ0n) is 8.40. The fraction of sp³-hybridized carbons (Fsp3) is 0.333. The van der Waals surface area contributed by atoms with Gasteiger partial charge in [-0.25, -0.2) is 5.43 Å². The molecular formula is C9H12N2O3S. The molecule has 0 saturated carbocycles. The van der Waals surface area contributed by atoms with Gasteiger partial charge in [-0.05, 0) is 26.0 Å². The first-order valence-electron chi connectivity index (χ1n) is 4.36. The fourth-order valence-corrected chi connectivity index (χ4v) is 1.62. The monoisotopic (exact) mass is 228 g/mol. The van der Waals surface area contributed by atoms with Crippen molar-refractivity contribution in [1.82, 2.24) is 10.9 Å². The number of carboxylic acid groups (broad SMARTS) is 1. The molecule has 3 N–H and O–H groups in total. The third-order valence-corrected chi connectivity index (χ3v) is 2.74. The van der Waals surface area contributed by atoms with Gasteiger partial charge in [0.15, 0.2) is 0 Å². The predicted octanol–water partition coefficient (Wildman–Crippen LogP) is 0.764. The molecule has 0 fully saturated rings. The lowest BCUT2D eigenvalue weighted by molar-refractivity contribution is -0.139. The third-order valence-electron chi connectivity index (χ3n) is 1.74. The van der Waals surface area contributed by atoms with Gasteiger partial charge >= 0.3 is 5.97 Å². The first kappa shape index (κ1) is 11.7. The summed E-state index contributed by atoms with van der Waals surface area (Å²) in [6, 6.07) is 2.72. The van der Waals surface area contributed by atoms with Crippen LogP contribution in [0.25, 0.3) is 0 Å². The zero-order chi connectivity index (χ0) is 11.4. The van der Waals surface area contributed by atoms with Crippen molar-refractivity contribution in [2.24, 2.45) is 0 Å². The summed E-state index contributed by atoms with van der Waals surface area (Å²) >= 11 is 1.36. The van der Waals surface area contributed by atoms with Gasteiger partial charge in [-0.2, -0.15) is 0 Å². The second kappa shape index (κ2) is 4.90. The van der Waals surface area contributed by atoms with Gasteiger partial charge in [0.2, 0.25) is 0 Å². The molecule has 0 aliphatic heterocycles. The van der Waals surface area contributed by atoms with Crippen molar-refractivity contribution >= 4 is 23.2 Å². The summed E-state index contributed by atoms with van der Waals surface area (Å²) in [5.74, 6) is -1.33. The van der Waals surface area contributed by atoms with Gasteiger partial charge in [-0.1, -0.05) is 0 Å². The van der Waals surface area contributed by atoms with E-state index in [0.29, 0.717) is 4.88 Å². The van der Waals surface area contributed by atoms with Gasteiger partial charge in [0.05, 0.1) is 4.88 Å². The Morgan fingerprint density at radius 3 is 2.60 bits per heavy atom. The maximum absolute atomic E-state index is 11.4. The lowest BCUT2D eigenvalue weighted by Crippen LogP contribution is -2.46. The average Bonchev–Trinajstić information content (AvgIpc) is 2.60. The molecular weight excluding hydrogens is 216 g/mol. The molecule has 1 amide bonds. The number of aryl methyl sites for hydroxylation is 1. The molecule has 0 bridgehead atoms. The highest BCUT2D eigenvalue weighted by atomic mass is 32.1. The van der Waals surface area contributed by atoms with Crippen molar-refractivity contribution in [2.75, 3.05) is 0 Å². The minimum Gasteiger partial charge on any atom is -0.480 e. The highest BCUT2D eigenvalue weighted by Gasteiger charge is 2.12. The Morgan fingerprint density at radius 2 is 2.13 bits per heavy atom. The summed E-state index contributed by atoms with van der Waals surface area (Å²) in [7, 11) is 0. The summed E-state index contributed by atoms with van der Waals surface area (Å²) < 4.78 is 0. The number of hydrogen-bond donors (Lipinski definition) is 3. The molecule has 0 radical (unpaired) electrons. The summed E-state index contributed by atoms with van der Waals surface area (Å²) in [5, 5.41) is 8.56. The smallest absolute Gasteiger partial charge is 0.322 e. The Bertz CT molecular complexity index is 375. The van der Waals surface area contributed by atoms with Crippen molar-refractivity contribution in [3.8, 4) is 0 Å². The first-order valence-corrected chi connectivity index (χ1v) is 5.17. The van der Waals surface area contributed by atoms with Crippen LogP contribution in [0.3, 0.4) is 0 Å². The average molecular weight is 228 g/mol. The van der Waals surface area contributed by atoms with E-state index < -0.39 is 12.0 Å². The van der Waals surface area contributed by atoms with Crippen molar-refractivity contribution in [1.29, 1.82) is 0 Å². The molecule has 15 heavy (non-hydrogen) atoms. The van der Waals surface area contributed by atoms with Gasteiger partial charge in [0.25, 0.3) is 5.91 Å². The Morgan fingerprint density at radius 1 is 1.47 bits per heavy atom. The van der Waals surface area contributed by atoms with Gasteiger partial charge in [-0.3, -0.25) is 15.0 Å². The topological polar surface area (TPSA) is 78.4 Å². The van der Waals surface area contributed by atoms with Crippen LogP contribution in [-0.2, 0) is 4.79 Å². The Hall–Kier alpha value is -1.40. The van der Waals surface area contributed by atoms with Gasteiger partial charge in [0, 0.05) is 4.88 Å². The number of nitrogens with one attached hydrogen (secondary N) is 2. The number of carbonyl (C=O) groups excluding carboxylic acids is 1. The Kier molecular flexibility index (Phi) is 3.81. The summed E-state index contributed by atoms with van der Waals surface area (Å²) in [5.41, 5.74) is 4.73. The normalized spacial score (nSPS) is 12.1. The highest BCUT2D eigenvalue weighted by Crippen LogP contribution is 2.14. The SMILES string of the molecule is Cc1ccc(C(=O)NN[C@@H](C)C(=O)O)s1. The van der Waals surface area contributed by atoms with E-state index in [4.69, 9.17) is 5.11 Å². The summed E-state index contributed by atoms with van der Waals surface area (Å²) in [6.45, 7) is 3.34. The summed E-state index contributed by atoms with van der Waals surface area (Å²) in [4.78, 5) is 23.5. The van der Waals surface area contributed by atoms with Crippen molar-refractivity contribution in [3.63, 3.8) is 0 Å². The number of hydrogen-bond acceptors (Lipinski definition) is 4. The maximum atomic E-state index is 11.4. The van der Waals surface area contributed by atoms with Crippen molar-refractivity contribution in [3.05, 3.63) is 21.9 Å². The quantitative estimate of drug-likeness (QED) is 0.665. The molecule has 0 saturated heterocycles. The lowest BCUT2D eigenvalue weighted by atomic mass is 10.4. The number of carboxylic acids is 1. The van der Waals surface area contributed by atoms with E-state index in [1.807, 2.05) is 13.0 Å². The van der Waals surface area contributed by atoms with E-state index >= 15 is 0 Å². The van der Waals surface area contributed by atoms with Crippen molar-refractivity contribution in [2.45, 2.75) is 19.9 Å². The number of hydrazine groups is 1. The van der Waals surface area contributed by atoms with Crippen LogP contribution in [0.1, 0.15) is 21.5 Å². The molecule has 82 valence electrons. The van der Waals surface area contributed by atoms with E-state index in [1.54, 1.807) is 6.07 Å². The van der Waals surface area contributed by atoms with Crippen LogP contribution in [0.4, 0.5) is 0 Å². The lowest BCUT2D eigenvalue weighted by Gasteiger charge is -2.09.